The average Bonchev–Trinajstić information content (AvgIpc) is 2.61. The summed E-state index contributed by atoms with van der Waals surface area (Å²) in [4.78, 5) is 16.3. The zero-order valence-electron chi connectivity index (χ0n) is 13.6. The summed E-state index contributed by atoms with van der Waals surface area (Å²) in [5.74, 6) is 0. The number of nitrogens with zero attached hydrogens (tertiary/aromatic N) is 2. The second-order valence-corrected chi connectivity index (χ2v) is 5.94. The van der Waals surface area contributed by atoms with Crippen molar-refractivity contribution < 1.29 is 13.2 Å². The van der Waals surface area contributed by atoms with Gasteiger partial charge in [-0.15, -0.1) is 0 Å². The molecule has 0 atom stereocenters. The Labute approximate surface area is 151 Å². The number of rotatable bonds is 3. The molecule has 0 radical (unpaired) electrons. The lowest BCUT2D eigenvalue weighted by molar-refractivity contribution is -0.137. The highest BCUT2D eigenvalue weighted by atomic mass is 35.5. The van der Waals surface area contributed by atoms with Gasteiger partial charge in [-0.3, -0.25) is 9.78 Å². The number of pyridine rings is 1. The van der Waals surface area contributed by atoms with Gasteiger partial charge >= 0.3 is 6.18 Å². The number of hydrogen-bond donors (Lipinski definition) is 1. The van der Waals surface area contributed by atoms with E-state index in [1.165, 1.54) is 12.3 Å². The number of H-pyrrole nitrogens is 1. The Morgan fingerprint density at radius 3 is 2.42 bits per heavy atom. The van der Waals surface area contributed by atoms with Crippen molar-refractivity contribution in [3.05, 3.63) is 69.2 Å². The van der Waals surface area contributed by atoms with Crippen LogP contribution in [0.25, 0.3) is 22.4 Å². The van der Waals surface area contributed by atoms with Crippen molar-refractivity contribution in [2.75, 3.05) is 0 Å². The Bertz CT molecular complexity index is 998. The summed E-state index contributed by atoms with van der Waals surface area (Å²) in [6, 6.07) is 8.56. The zero-order valence-corrected chi connectivity index (χ0v) is 14.3. The molecule has 2 aromatic heterocycles. The van der Waals surface area contributed by atoms with Crippen LogP contribution in [0.4, 0.5) is 13.2 Å². The molecular formula is C18H13ClF3N3O. The van der Waals surface area contributed by atoms with Crippen LogP contribution in [-0.4, -0.2) is 15.2 Å². The average molecular weight is 380 g/mol. The first-order valence-electron chi connectivity index (χ1n) is 7.73. The first kappa shape index (κ1) is 18.1. The Morgan fingerprint density at radius 1 is 1.12 bits per heavy atom. The fourth-order valence-electron chi connectivity index (χ4n) is 2.73. The molecule has 0 amide bonds. The van der Waals surface area contributed by atoms with Crippen LogP contribution in [0.2, 0.25) is 5.02 Å². The molecule has 8 heteroatoms. The van der Waals surface area contributed by atoms with Crippen molar-refractivity contribution in [3.8, 4) is 22.4 Å². The molecule has 0 aliphatic rings. The van der Waals surface area contributed by atoms with Gasteiger partial charge in [-0.05, 0) is 36.2 Å². The van der Waals surface area contributed by atoms with E-state index in [1.807, 2.05) is 0 Å². The van der Waals surface area contributed by atoms with E-state index in [0.717, 1.165) is 6.07 Å². The first-order valence-corrected chi connectivity index (χ1v) is 8.10. The van der Waals surface area contributed by atoms with Crippen molar-refractivity contribution in [2.45, 2.75) is 19.5 Å². The molecule has 0 bridgehead atoms. The SMILES string of the molecule is CCc1n[nH]c(=O)c(-c2ncccc2C(F)(F)F)c1-c1ccc(Cl)cc1. The summed E-state index contributed by atoms with van der Waals surface area (Å²) in [5.41, 5.74) is -0.989. The van der Waals surface area contributed by atoms with E-state index in [1.54, 1.807) is 31.2 Å². The maximum absolute atomic E-state index is 13.4. The van der Waals surface area contributed by atoms with Gasteiger partial charge in [0.15, 0.2) is 0 Å². The fraction of sp³-hybridized carbons (Fsp3) is 0.167. The van der Waals surface area contributed by atoms with E-state index in [2.05, 4.69) is 15.2 Å². The van der Waals surface area contributed by atoms with Crippen LogP contribution >= 0.6 is 11.6 Å². The summed E-state index contributed by atoms with van der Waals surface area (Å²) >= 11 is 5.90. The zero-order chi connectivity index (χ0) is 18.9. The van der Waals surface area contributed by atoms with E-state index >= 15 is 0 Å². The van der Waals surface area contributed by atoms with Gasteiger partial charge in [0.05, 0.1) is 22.5 Å². The Hall–Kier alpha value is -2.67. The number of halogens is 4. The van der Waals surface area contributed by atoms with Crippen molar-refractivity contribution in [1.82, 2.24) is 15.2 Å². The highest BCUT2D eigenvalue weighted by Crippen LogP contribution is 2.38. The highest BCUT2D eigenvalue weighted by Gasteiger charge is 2.36. The van der Waals surface area contributed by atoms with Crippen LogP contribution in [0.1, 0.15) is 18.2 Å². The third-order valence-electron chi connectivity index (χ3n) is 3.88. The number of aromatic nitrogens is 3. The van der Waals surface area contributed by atoms with Crippen LogP contribution in [0, 0.1) is 0 Å². The van der Waals surface area contributed by atoms with Crippen molar-refractivity contribution in [3.63, 3.8) is 0 Å². The Kier molecular flexibility index (Phi) is 4.82. The van der Waals surface area contributed by atoms with Gasteiger partial charge in [0.2, 0.25) is 0 Å². The van der Waals surface area contributed by atoms with Gasteiger partial charge in [0.1, 0.15) is 0 Å². The first-order chi connectivity index (χ1) is 12.3. The minimum absolute atomic E-state index is 0.160. The molecule has 0 saturated heterocycles. The molecule has 0 spiro atoms. The van der Waals surface area contributed by atoms with Gasteiger partial charge in [0, 0.05) is 16.8 Å². The normalized spacial score (nSPS) is 11.6. The lowest BCUT2D eigenvalue weighted by atomic mass is 9.94. The van der Waals surface area contributed by atoms with Crippen LogP contribution in [0.15, 0.2) is 47.4 Å². The number of benzene rings is 1. The quantitative estimate of drug-likeness (QED) is 0.715. The van der Waals surface area contributed by atoms with E-state index in [0.29, 0.717) is 28.3 Å². The summed E-state index contributed by atoms with van der Waals surface area (Å²) < 4.78 is 40.3. The Morgan fingerprint density at radius 2 is 1.81 bits per heavy atom. The molecule has 26 heavy (non-hydrogen) atoms. The molecule has 1 N–H and O–H groups in total. The molecule has 4 nitrogen and oxygen atoms in total. The van der Waals surface area contributed by atoms with Crippen LogP contribution < -0.4 is 5.56 Å². The standard InChI is InChI=1S/C18H13ClF3N3O/c1-2-13-14(10-5-7-11(19)8-6-10)15(17(26)25-24-13)16-12(18(20,21)22)4-3-9-23-16/h3-9H,2H2,1H3,(H,25,26). The number of aryl methyl sites for hydroxylation is 1. The van der Waals surface area contributed by atoms with E-state index in [-0.39, 0.29) is 5.56 Å². The summed E-state index contributed by atoms with van der Waals surface area (Å²) in [7, 11) is 0. The minimum atomic E-state index is -4.65. The molecule has 3 aromatic rings. The molecule has 1 aromatic carbocycles. The Balaban J connectivity index is 2.40. The molecule has 0 fully saturated rings. The smallest absolute Gasteiger partial charge is 0.267 e. The molecule has 2 heterocycles. The second kappa shape index (κ2) is 6.92. The van der Waals surface area contributed by atoms with Crippen molar-refractivity contribution in [1.29, 1.82) is 0 Å². The van der Waals surface area contributed by atoms with Gasteiger partial charge < -0.3 is 0 Å². The molecule has 0 aliphatic carbocycles. The molecule has 0 unspecified atom stereocenters. The number of hydrogen-bond acceptors (Lipinski definition) is 3. The second-order valence-electron chi connectivity index (χ2n) is 5.51. The summed E-state index contributed by atoms with van der Waals surface area (Å²) in [5, 5.41) is 6.75. The van der Waals surface area contributed by atoms with Gasteiger partial charge in [-0.1, -0.05) is 30.7 Å². The number of nitrogens with one attached hydrogen (secondary N) is 1. The highest BCUT2D eigenvalue weighted by molar-refractivity contribution is 6.30. The topological polar surface area (TPSA) is 58.6 Å². The summed E-state index contributed by atoms with van der Waals surface area (Å²) in [6.45, 7) is 1.80. The predicted molar refractivity (Wildman–Crippen MR) is 92.9 cm³/mol. The van der Waals surface area contributed by atoms with E-state index < -0.39 is 23.0 Å². The largest absolute Gasteiger partial charge is 0.418 e. The maximum Gasteiger partial charge on any atom is 0.418 e. The fourth-order valence-corrected chi connectivity index (χ4v) is 2.86. The molecule has 134 valence electrons. The third-order valence-corrected chi connectivity index (χ3v) is 4.13. The van der Waals surface area contributed by atoms with Gasteiger partial charge in [-0.25, -0.2) is 5.10 Å². The number of aromatic amines is 1. The van der Waals surface area contributed by atoms with E-state index in [4.69, 9.17) is 11.6 Å². The van der Waals surface area contributed by atoms with E-state index in [9.17, 15) is 18.0 Å². The lowest BCUT2D eigenvalue weighted by Gasteiger charge is -2.16. The maximum atomic E-state index is 13.4. The van der Waals surface area contributed by atoms with Crippen LogP contribution in [-0.2, 0) is 12.6 Å². The molecule has 3 rings (SSSR count). The van der Waals surface area contributed by atoms with Crippen molar-refractivity contribution in [2.24, 2.45) is 0 Å². The number of alkyl halides is 3. The predicted octanol–water partition coefficient (Wildman–Crippen LogP) is 4.73. The minimum Gasteiger partial charge on any atom is -0.267 e. The lowest BCUT2D eigenvalue weighted by Crippen LogP contribution is -2.18. The molecular weight excluding hydrogens is 367 g/mol. The van der Waals surface area contributed by atoms with Crippen molar-refractivity contribution >= 4 is 11.6 Å². The van der Waals surface area contributed by atoms with Crippen LogP contribution in [0.5, 0.6) is 0 Å². The monoisotopic (exact) mass is 379 g/mol. The van der Waals surface area contributed by atoms with Crippen LogP contribution in [0.3, 0.4) is 0 Å². The molecule has 0 saturated carbocycles. The summed E-state index contributed by atoms with van der Waals surface area (Å²) in [6.07, 6.45) is -3.01. The van der Waals surface area contributed by atoms with Gasteiger partial charge in [-0.2, -0.15) is 18.3 Å². The molecule has 0 aliphatic heterocycles. The van der Waals surface area contributed by atoms with Gasteiger partial charge in [0.25, 0.3) is 5.56 Å². The third kappa shape index (κ3) is 3.35.